The molecule has 1 atom stereocenters. The summed E-state index contributed by atoms with van der Waals surface area (Å²) in [5.74, 6) is -0.160. The molecule has 1 N–H and O–H groups in total. The van der Waals surface area contributed by atoms with Gasteiger partial charge in [-0.05, 0) is 36.5 Å². The van der Waals surface area contributed by atoms with Crippen LogP contribution in [0.25, 0.3) is 0 Å². The van der Waals surface area contributed by atoms with Crippen molar-refractivity contribution in [3.8, 4) is 0 Å². The first-order chi connectivity index (χ1) is 12.1. The Kier molecular flexibility index (Phi) is 7.63. The molecule has 0 aliphatic heterocycles. The van der Waals surface area contributed by atoms with Gasteiger partial charge in [0, 0.05) is 24.4 Å². The third kappa shape index (κ3) is 7.16. The highest BCUT2D eigenvalue weighted by molar-refractivity contribution is 5.93. The number of esters is 1. The van der Waals surface area contributed by atoms with Crippen molar-refractivity contribution in [2.45, 2.75) is 26.2 Å². The average molecular weight is 340 g/mol. The smallest absolute Gasteiger partial charge is 0.306 e. The molecular formula is C20H24N2O3. The Labute approximate surface area is 148 Å². The van der Waals surface area contributed by atoms with Crippen LogP contribution < -0.4 is 5.32 Å². The lowest BCUT2D eigenvalue weighted by Crippen LogP contribution is -2.28. The highest BCUT2D eigenvalue weighted by Crippen LogP contribution is 2.13. The van der Waals surface area contributed by atoms with E-state index in [0.717, 1.165) is 12.8 Å². The van der Waals surface area contributed by atoms with Crippen molar-refractivity contribution in [1.29, 1.82) is 0 Å². The first-order valence-corrected chi connectivity index (χ1v) is 8.53. The number of hydrogen-bond acceptors (Lipinski definition) is 4. The lowest BCUT2D eigenvalue weighted by molar-refractivity contribution is -0.144. The Morgan fingerprint density at radius 2 is 1.84 bits per heavy atom. The minimum Gasteiger partial charge on any atom is -0.464 e. The number of rotatable bonds is 9. The van der Waals surface area contributed by atoms with Crippen LogP contribution >= 0.6 is 0 Å². The van der Waals surface area contributed by atoms with Gasteiger partial charge in [-0.2, -0.15) is 0 Å². The molecule has 1 heterocycles. The molecule has 0 aliphatic rings. The van der Waals surface area contributed by atoms with Gasteiger partial charge in [0.2, 0.25) is 0 Å². The van der Waals surface area contributed by atoms with E-state index in [1.807, 2.05) is 18.2 Å². The molecule has 1 amide bonds. The lowest BCUT2D eigenvalue weighted by atomic mass is 9.98. The highest BCUT2D eigenvalue weighted by atomic mass is 16.5. The van der Waals surface area contributed by atoms with Crippen LogP contribution in [-0.4, -0.2) is 30.0 Å². The fourth-order valence-electron chi connectivity index (χ4n) is 2.44. The van der Waals surface area contributed by atoms with Crippen LogP contribution in [0, 0.1) is 5.92 Å². The summed E-state index contributed by atoms with van der Waals surface area (Å²) in [6.45, 7) is 2.53. The Morgan fingerprint density at radius 3 is 2.56 bits per heavy atom. The van der Waals surface area contributed by atoms with Crippen molar-refractivity contribution < 1.29 is 14.3 Å². The maximum Gasteiger partial charge on any atom is 0.306 e. The second-order valence-electron chi connectivity index (χ2n) is 6.05. The summed E-state index contributed by atoms with van der Waals surface area (Å²) >= 11 is 0. The summed E-state index contributed by atoms with van der Waals surface area (Å²) in [4.78, 5) is 27.5. The largest absolute Gasteiger partial charge is 0.464 e. The van der Waals surface area contributed by atoms with E-state index in [0.29, 0.717) is 18.5 Å². The maximum atomic E-state index is 11.8. The summed E-state index contributed by atoms with van der Waals surface area (Å²) in [5.41, 5.74) is 1.82. The first kappa shape index (κ1) is 18.6. The van der Waals surface area contributed by atoms with Gasteiger partial charge in [0.15, 0.2) is 0 Å². The first-order valence-electron chi connectivity index (χ1n) is 8.53. The van der Waals surface area contributed by atoms with Gasteiger partial charge in [0.05, 0.1) is 6.54 Å². The number of nitrogens with zero attached hydrogens (tertiary/aromatic N) is 1. The molecule has 132 valence electrons. The zero-order valence-electron chi connectivity index (χ0n) is 14.5. The van der Waals surface area contributed by atoms with Gasteiger partial charge in [-0.3, -0.25) is 14.6 Å². The predicted octanol–water partition coefficient (Wildman–Crippen LogP) is 3.01. The van der Waals surface area contributed by atoms with Crippen molar-refractivity contribution in [3.63, 3.8) is 0 Å². The number of nitrogens with one attached hydrogen (secondary N) is 1. The molecule has 1 unspecified atom stereocenters. The molecule has 0 fully saturated rings. The molecule has 0 aliphatic carbocycles. The van der Waals surface area contributed by atoms with Gasteiger partial charge in [0.1, 0.15) is 6.61 Å². The molecule has 1 aromatic carbocycles. The van der Waals surface area contributed by atoms with E-state index in [1.165, 1.54) is 5.56 Å². The SMILES string of the molecule is CC(CCc1ccccc1)CC(=O)OCCNC(=O)c1ccncc1. The monoisotopic (exact) mass is 340 g/mol. The number of carbonyl (C=O) groups excluding carboxylic acids is 2. The number of aryl methyl sites for hydroxylation is 1. The Balaban J connectivity index is 1.58. The molecule has 2 rings (SSSR count). The zero-order valence-corrected chi connectivity index (χ0v) is 14.5. The molecule has 0 bridgehead atoms. The Morgan fingerprint density at radius 1 is 1.12 bits per heavy atom. The number of ether oxygens (including phenoxy) is 1. The average Bonchev–Trinajstić information content (AvgIpc) is 2.65. The van der Waals surface area contributed by atoms with Gasteiger partial charge in [0.25, 0.3) is 5.91 Å². The number of pyridine rings is 1. The normalized spacial score (nSPS) is 11.6. The summed E-state index contributed by atoms with van der Waals surface area (Å²) < 4.78 is 5.18. The molecule has 0 spiro atoms. The predicted molar refractivity (Wildman–Crippen MR) is 96.1 cm³/mol. The molecular weight excluding hydrogens is 316 g/mol. The minimum absolute atomic E-state index is 0.182. The van der Waals surface area contributed by atoms with Crippen LogP contribution in [0.2, 0.25) is 0 Å². The van der Waals surface area contributed by atoms with Crippen LogP contribution in [0.5, 0.6) is 0 Å². The zero-order chi connectivity index (χ0) is 17.9. The lowest BCUT2D eigenvalue weighted by Gasteiger charge is -2.11. The molecule has 0 radical (unpaired) electrons. The van der Waals surface area contributed by atoms with Crippen LogP contribution in [0.4, 0.5) is 0 Å². The van der Waals surface area contributed by atoms with E-state index in [-0.39, 0.29) is 24.4 Å². The number of benzene rings is 1. The standard InChI is InChI=1S/C20H24N2O3/c1-16(7-8-17-5-3-2-4-6-17)15-19(23)25-14-13-22-20(24)18-9-11-21-12-10-18/h2-6,9-12,16H,7-8,13-15H2,1H3,(H,22,24). The van der Waals surface area contributed by atoms with Gasteiger partial charge < -0.3 is 10.1 Å². The number of carbonyl (C=O) groups is 2. The molecule has 0 saturated carbocycles. The van der Waals surface area contributed by atoms with Crippen LogP contribution in [0.15, 0.2) is 54.9 Å². The summed E-state index contributed by atoms with van der Waals surface area (Å²) in [7, 11) is 0. The Bertz CT molecular complexity index is 659. The van der Waals surface area contributed by atoms with Crippen molar-refractivity contribution in [3.05, 3.63) is 66.0 Å². The number of hydrogen-bond donors (Lipinski definition) is 1. The minimum atomic E-state index is -0.223. The third-order valence-electron chi connectivity index (χ3n) is 3.88. The molecule has 1 aromatic heterocycles. The Hall–Kier alpha value is -2.69. The van der Waals surface area contributed by atoms with Crippen molar-refractivity contribution in [1.82, 2.24) is 10.3 Å². The van der Waals surface area contributed by atoms with Crippen molar-refractivity contribution in [2.24, 2.45) is 5.92 Å². The van der Waals surface area contributed by atoms with E-state index >= 15 is 0 Å². The summed E-state index contributed by atoms with van der Waals surface area (Å²) in [6, 6.07) is 13.5. The topological polar surface area (TPSA) is 68.3 Å². The molecule has 25 heavy (non-hydrogen) atoms. The van der Waals surface area contributed by atoms with E-state index in [1.54, 1.807) is 24.5 Å². The molecule has 0 saturated heterocycles. The number of amides is 1. The van der Waals surface area contributed by atoms with Crippen LogP contribution in [-0.2, 0) is 16.0 Å². The van der Waals surface area contributed by atoms with Gasteiger partial charge in [-0.25, -0.2) is 0 Å². The number of aromatic nitrogens is 1. The maximum absolute atomic E-state index is 11.8. The summed E-state index contributed by atoms with van der Waals surface area (Å²) in [6.07, 6.45) is 5.41. The van der Waals surface area contributed by atoms with Crippen molar-refractivity contribution >= 4 is 11.9 Å². The van der Waals surface area contributed by atoms with Crippen molar-refractivity contribution in [2.75, 3.05) is 13.2 Å². The third-order valence-corrected chi connectivity index (χ3v) is 3.88. The van der Waals surface area contributed by atoms with Crippen LogP contribution in [0.3, 0.4) is 0 Å². The molecule has 5 heteroatoms. The highest BCUT2D eigenvalue weighted by Gasteiger charge is 2.11. The second kappa shape index (κ2) is 10.2. The molecule has 5 nitrogen and oxygen atoms in total. The fraction of sp³-hybridized carbons (Fsp3) is 0.350. The van der Waals surface area contributed by atoms with E-state index in [4.69, 9.17) is 4.74 Å². The van der Waals surface area contributed by atoms with Gasteiger partial charge >= 0.3 is 5.97 Å². The van der Waals surface area contributed by atoms with E-state index in [9.17, 15) is 9.59 Å². The second-order valence-corrected chi connectivity index (χ2v) is 6.05. The molecule has 2 aromatic rings. The quantitative estimate of drug-likeness (QED) is 0.563. The summed E-state index contributed by atoms with van der Waals surface area (Å²) in [5, 5.41) is 2.71. The van der Waals surface area contributed by atoms with Crippen LogP contribution in [0.1, 0.15) is 35.7 Å². The van der Waals surface area contributed by atoms with E-state index < -0.39 is 0 Å². The van der Waals surface area contributed by atoms with E-state index in [2.05, 4.69) is 29.4 Å². The van der Waals surface area contributed by atoms with Gasteiger partial charge in [-0.15, -0.1) is 0 Å². The fourth-order valence-corrected chi connectivity index (χ4v) is 2.44. The van der Waals surface area contributed by atoms with Gasteiger partial charge in [-0.1, -0.05) is 37.3 Å².